The van der Waals surface area contributed by atoms with Gasteiger partial charge in [0, 0.05) is 36.4 Å². The number of carbonyl (C=O) groups is 5. The van der Waals surface area contributed by atoms with Crippen molar-refractivity contribution in [2.24, 2.45) is 11.5 Å². The molecular weight excluding hydrogens is 520 g/mol. The number of nitrogens with two attached hydrogens (primary N) is 2. The smallest absolute Gasteiger partial charge is 0.326 e. The number of primary amides is 1. The van der Waals surface area contributed by atoms with E-state index in [9.17, 15) is 34.2 Å². The summed E-state index contributed by atoms with van der Waals surface area (Å²) in [6, 6.07) is 9.72. The van der Waals surface area contributed by atoms with Crippen LogP contribution in [0.4, 0.5) is 0 Å². The zero-order valence-electron chi connectivity index (χ0n) is 21.6. The number of rotatable bonds is 14. The van der Waals surface area contributed by atoms with Crippen LogP contribution < -0.4 is 27.4 Å². The van der Waals surface area contributed by atoms with Crippen LogP contribution in [0.2, 0.25) is 0 Å². The molecule has 3 aromatic rings. The van der Waals surface area contributed by atoms with E-state index in [1.54, 1.807) is 18.3 Å². The maximum Gasteiger partial charge on any atom is 0.326 e. The average Bonchev–Trinajstić information content (AvgIpc) is 3.33. The quantitative estimate of drug-likeness (QED) is 0.129. The second-order valence-electron chi connectivity index (χ2n) is 9.28. The fourth-order valence-electron chi connectivity index (χ4n) is 4.04. The lowest BCUT2D eigenvalue weighted by atomic mass is 10.0. The van der Waals surface area contributed by atoms with E-state index in [2.05, 4.69) is 20.9 Å². The third-order valence-electron chi connectivity index (χ3n) is 6.20. The fourth-order valence-corrected chi connectivity index (χ4v) is 4.04. The predicted octanol–water partition coefficient (Wildman–Crippen LogP) is -0.578. The van der Waals surface area contributed by atoms with Crippen LogP contribution >= 0.6 is 0 Å². The summed E-state index contributed by atoms with van der Waals surface area (Å²) >= 11 is 0. The standard InChI is InChI=1S/C27H32N6O7/c28-19(9-10-23(29)35)25(37)31-14-24(36)32-21(11-15-5-7-17(34)8-6-15)26(38)33-22(27(39)40)12-16-13-30-20-4-2-1-3-18(16)20/h1-8,13,19,21-22,30,34H,9-12,14,28H2,(H2,29,35)(H,31,37)(H,32,36)(H,33,38)(H,39,40). The van der Waals surface area contributed by atoms with E-state index in [0.717, 1.165) is 10.9 Å². The zero-order chi connectivity index (χ0) is 29.2. The first-order valence-electron chi connectivity index (χ1n) is 12.5. The first-order chi connectivity index (χ1) is 19.0. The largest absolute Gasteiger partial charge is 0.508 e. The van der Waals surface area contributed by atoms with E-state index in [0.29, 0.717) is 11.1 Å². The maximum atomic E-state index is 13.3. The molecule has 40 heavy (non-hydrogen) atoms. The number of carbonyl (C=O) groups excluding carboxylic acids is 4. The summed E-state index contributed by atoms with van der Waals surface area (Å²) in [5.41, 5.74) is 12.8. The number of para-hydroxylation sites is 1. The lowest BCUT2D eigenvalue weighted by Crippen LogP contribution is -2.54. The summed E-state index contributed by atoms with van der Waals surface area (Å²) in [6.07, 6.45) is 1.55. The minimum Gasteiger partial charge on any atom is -0.508 e. The van der Waals surface area contributed by atoms with Gasteiger partial charge in [-0.25, -0.2) is 4.79 Å². The van der Waals surface area contributed by atoms with Gasteiger partial charge in [-0.05, 0) is 35.7 Å². The van der Waals surface area contributed by atoms with Gasteiger partial charge in [-0.3, -0.25) is 19.2 Å². The van der Waals surface area contributed by atoms with E-state index in [-0.39, 0.29) is 31.4 Å². The second-order valence-corrected chi connectivity index (χ2v) is 9.28. The van der Waals surface area contributed by atoms with E-state index in [4.69, 9.17) is 11.5 Å². The molecule has 0 aliphatic carbocycles. The van der Waals surface area contributed by atoms with Crippen LogP contribution in [0.1, 0.15) is 24.0 Å². The molecule has 212 valence electrons. The summed E-state index contributed by atoms with van der Waals surface area (Å²) in [5, 5.41) is 27.6. The van der Waals surface area contributed by atoms with Crippen molar-refractivity contribution in [3.8, 4) is 5.75 Å². The van der Waals surface area contributed by atoms with Gasteiger partial charge in [-0.2, -0.15) is 0 Å². The number of hydrogen-bond acceptors (Lipinski definition) is 7. The highest BCUT2D eigenvalue weighted by molar-refractivity contribution is 5.93. The van der Waals surface area contributed by atoms with Crippen molar-refractivity contribution in [2.75, 3.05) is 6.54 Å². The molecule has 3 rings (SSSR count). The van der Waals surface area contributed by atoms with Crippen molar-refractivity contribution >= 4 is 40.5 Å². The number of carboxylic acid groups (broad SMARTS) is 1. The SMILES string of the molecule is NC(=O)CCC(N)C(=O)NCC(=O)NC(Cc1ccc(O)cc1)C(=O)NC(Cc1c[nH]c2ccccc12)C(=O)O. The van der Waals surface area contributed by atoms with Gasteiger partial charge in [0.1, 0.15) is 17.8 Å². The number of carboxylic acids is 1. The van der Waals surface area contributed by atoms with Crippen molar-refractivity contribution < 1.29 is 34.2 Å². The van der Waals surface area contributed by atoms with Gasteiger partial charge < -0.3 is 42.6 Å². The number of nitrogens with one attached hydrogen (secondary N) is 4. The Hall–Kier alpha value is -4.91. The number of aromatic nitrogens is 1. The van der Waals surface area contributed by atoms with Crippen molar-refractivity contribution in [3.63, 3.8) is 0 Å². The molecule has 10 N–H and O–H groups in total. The molecule has 0 aliphatic heterocycles. The number of amides is 4. The molecule has 4 amide bonds. The molecule has 3 atom stereocenters. The van der Waals surface area contributed by atoms with Gasteiger partial charge in [-0.15, -0.1) is 0 Å². The third kappa shape index (κ3) is 8.56. The van der Waals surface area contributed by atoms with Crippen molar-refractivity contribution in [1.82, 2.24) is 20.9 Å². The van der Waals surface area contributed by atoms with Gasteiger partial charge in [0.2, 0.25) is 23.6 Å². The number of benzene rings is 2. The fraction of sp³-hybridized carbons (Fsp3) is 0.296. The number of aromatic hydroxyl groups is 1. The summed E-state index contributed by atoms with van der Waals surface area (Å²) in [5.74, 6) is -4.02. The van der Waals surface area contributed by atoms with Crippen molar-refractivity contribution in [3.05, 3.63) is 65.9 Å². The van der Waals surface area contributed by atoms with Gasteiger partial charge in [0.15, 0.2) is 0 Å². The lowest BCUT2D eigenvalue weighted by Gasteiger charge is -2.22. The summed E-state index contributed by atoms with van der Waals surface area (Å²) in [4.78, 5) is 64.0. The molecule has 1 aromatic heterocycles. The molecule has 1 heterocycles. The Bertz CT molecular complexity index is 1370. The minimum absolute atomic E-state index is 0.00166. The van der Waals surface area contributed by atoms with Crippen LogP contribution in [0.25, 0.3) is 10.9 Å². The molecule has 0 aliphatic rings. The van der Waals surface area contributed by atoms with Crippen LogP contribution in [-0.2, 0) is 36.8 Å². The van der Waals surface area contributed by atoms with Gasteiger partial charge in [-0.1, -0.05) is 30.3 Å². The average molecular weight is 553 g/mol. The predicted molar refractivity (Wildman–Crippen MR) is 145 cm³/mol. The van der Waals surface area contributed by atoms with Gasteiger partial charge in [0.05, 0.1) is 12.6 Å². The number of aliphatic carboxylic acids is 1. The van der Waals surface area contributed by atoms with E-state index >= 15 is 0 Å². The third-order valence-corrected chi connectivity index (χ3v) is 6.20. The number of hydrogen-bond donors (Lipinski definition) is 8. The van der Waals surface area contributed by atoms with Gasteiger partial charge in [0.25, 0.3) is 0 Å². The Morgan fingerprint density at radius 3 is 2.27 bits per heavy atom. The molecule has 3 unspecified atom stereocenters. The molecule has 0 spiro atoms. The number of H-pyrrole nitrogens is 1. The van der Waals surface area contributed by atoms with Crippen molar-refractivity contribution in [2.45, 2.75) is 43.8 Å². The molecule has 13 heteroatoms. The Kier molecular flexibility index (Phi) is 10.2. The van der Waals surface area contributed by atoms with Crippen LogP contribution in [0.15, 0.2) is 54.7 Å². The second kappa shape index (κ2) is 13.8. The maximum absolute atomic E-state index is 13.3. The van der Waals surface area contributed by atoms with Gasteiger partial charge >= 0.3 is 5.97 Å². The normalized spacial score (nSPS) is 13.1. The number of aromatic amines is 1. The Morgan fingerprint density at radius 2 is 1.60 bits per heavy atom. The highest BCUT2D eigenvalue weighted by atomic mass is 16.4. The number of phenols is 1. The zero-order valence-corrected chi connectivity index (χ0v) is 21.6. The Balaban J connectivity index is 1.69. The monoisotopic (exact) mass is 552 g/mol. The molecule has 2 aromatic carbocycles. The highest BCUT2D eigenvalue weighted by Crippen LogP contribution is 2.19. The molecular formula is C27H32N6O7. The molecule has 0 saturated heterocycles. The first kappa shape index (κ1) is 29.6. The van der Waals surface area contributed by atoms with Crippen LogP contribution in [0, 0.1) is 0 Å². The molecule has 0 bridgehead atoms. The molecule has 0 radical (unpaired) electrons. The summed E-state index contributed by atoms with van der Waals surface area (Å²) in [6.45, 7) is -0.514. The van der Waals surface area contributed by atoms with E-state index in [1.165, 1.54) is 12.1 Å². The van der Waals surface area contributed by atoms with E-state index < -0.39 is 54.3 Å². The summed E-state index contributed by atoms with van der Waals surface area (Å²) in [7, 11) is 0. The highest BCUT2D eigenvalue weighted by Gasteiger charge is 2.28. The number of fused-ring (bicyclic) bond motifs is 1. The Labute approximate surface area is 229 Å². The Morgan fingerprint density at radius 1 is 0.900 bits per heavy atom. The minimum atomic E-state index is -1.30. The molecule has 0 fully saturated rings. The van der Waals surface area contributed by atoms with Crippen LogP contribution in [0.5, 0.6) is 5.75 Å². The van der Waals surface area contributed by atoms with E-state index in [1.807, 2.05) is 24.3 Å². The topological polar surface area (TPSA) is 230 Å². The molecule has 0 saturated carbocycles. The lowest BCUT2D eigenvalue weighted by molar-refractivity contribution is -0.142. The molecule has 13 nitrogen and oxygen atoms in total. The van der Waals surface area contributed by atoms with Crippen molar-refractivity contribution in [1.29, 1.82) is 0 Å². The first-order valence-corrected chi connectivity index (χ1v) is 12.5. The van der Waals surface area contributed by atoms with Crippen LogP contribution in [0.3, 0.4) is 0 Å². The van der Waals surface area contributed by atoms with Crippen LogP contribution in [-0.4, -0.2) is 69.5 Å². The number of phenolic OH excluding ortho intramolecular Hbond substituents is 1. The summed E-state index contributed by atoms with van der Waals surface area (Å²) < 4.78 is 0.